The molecular weight excluding hydrogens is 449 g/mol. The monoisotopic (exact) mass is 468 g/mol. The van der Waals surface area contributed by atoms with Crippen molar-refractivity contribution >= 4 is 11.8 Å². The quantitative estimate of drug-likeness (QED) is 0.505. The number of hydrogen-bond donors (Lipinski definition) is 1. The van der Waals surface area contributed by atoms with Gasteiger partial charge in [-0.1, -0.05) is 24.3 Å². The van der Waals surface area contributed by atoms with Crippen molar-refractivity contribution in [2.45, 2.75) is 37.9 Å². The van der Waals surface area contributed by atoms with E-state index in [4.69, 9.17) is 0 Å². The lowest BCUT2D eigenvalue weighted by molar-refractivity contribution is -0.286. The maximum atomic E-state index is 14.0. The SMILES string of the molecule is Cc1ccc(CC(=O)C2(c3ccc4c(c3)OC(F)(F)O4)CC2)cc1-c1cc(F)cc(C(=O)O)c1. The average molecular weight is 468 g/mol. The molecule has 3 aromatic carbocycles. The van der Waals surface area contributed by atoms with E-state index in [2.05, 4.69) is 9.47 Å². The van der Waals surface area contributed by atoms with Crippen LogP contribution in [0.3, 0.4) is 0 Å². The van der Waals surface area contributed by atoms with E-state index in [0.29, 0.717) is 35.1 Å². The van der Waals surface area contributed by atoms with Gasteiger partial charge < -0.3 is 14.6 Å². The number of alkyl halides is 2. The fourth-order valence-electron chi connectivity index (χ4n) is 4.41. The molecule has 0 radical (unpaired) electrons. The van der Waals surface area contributed by atoms with Gasteiger partial charge in [0.2, 0.25) is 0 Å². The molecule has 0 aromatic heterocycles. The molecule has 174 valence electrons. The molecule has 34 heavy (non-hydrogen) atoms. The molecule has 1 aliphatic carbocycles. The zero-order chi connectivity index (χ0) is 24.3. The van der Waals surface area contributed by atoms with Crippen molar-refractivity contribution in [2.75, 3.05) is 0 Å². The molecule has 0 amide bonds. The van der Waals surface area contributed by atoms with E-state index >= 15 is 0 Å². The van der Waals surface area contributed by atoms with Crippen LogP contribution in [0.15, 0.2) is 54.6 Å². The van der Waals surface area contributed by atoms with Gasteiger partial charge in [-0.3, -0.25) is 4.79 Å². The van der Waals surface area contributed by atoms with Crippen molar-refractivity contribution in [3.63, 3.8) is 0 Å². The first-order chi connectivity index (χ1) is 16.1. The third-order valence-corrected chi connectivity index (χ3v) is 6.36. The largest absolute Gasteiger partial charge is 0.586 e. The van der Waals surface area contributed by atoms with Crippen LogP contribution in [-0.2, 0) is 16.6 Å². The Hall–Kier alpha value is -3.81. The first-order valence-corrected chi connectivity index (χ1v) is 10.6. The summed E-state index contributed by atoms with van der Waals surface area (Å²) >= 11 is 0. The lowest BCUT2D eigenvalue weighted by Gasteiger charge is -2.16. The minimum Gasteiger partial charge on any atom is -0.478 e. The van der Waals surface area contributed by atoms with E-state index in [-0.39, 0.29) is 29.3 Å². The van der Waals surface area contributed by atoms with Crippen LogP contribution in [0.25, 0.3) is 11.1 Å². The molecule has 5 rings (SSSR count). The van der Waals surface area contributed by atoms with Crippen LogP contribution >= 0.6 is 0 Å². The maximum Gasteiger partial charge on any atom is 0.586 e. The van der Waals surface area contributed by atoms with Crippen LogP contribution < -0.4 is 9.47 Å². The topological polar surface area (TPSA) is 72.8 Å². The van der Waals surface area contributed by atoms with Crippen molar-refractivity contribution < 1.29 is 37.3 Å². The summed E-state index contributed by atoms with van der Waals surface area (Å²) in [5.74, 6) is -2.14. The van der Waals surface area contributed by atoms with Crippen molar-refractivity contribution in [2.24, 2.45) is 0 Å². The highest BCUT2D eigenvalue weighted by molar-refractivity contribution is 5.95. The predicted octanol–water partition coefficient (Wildman–Crippen LogP) is 5.66. The molecule has 0 bridgehead atoms. The summed E-state index contributed by atoms with van der Waals surface area (Å²) in [4.78, 5) is 24.6. The second kappa shape index (κ2) is 7.62. The van der Waals surface area contributed by atoms with Gasteiger partial charge in [-0.15, -0.1) is 8.78 Å². The van der Waals surface area contributed by atoms with Crippen LogP contribution in [0.4, 0.5) is 13.2 Å². The third kappa shape index (κ3) is 3.89. The Kier molecular flexibility index (Phi) is 4.93. The van der Waals surface area contributed by atoms with Gasteiger partial charge in [0, 0.05) is 6.42 Å². The number of Topliss-reactive ketones (excluding diaryl/α,β-unsaturated/α-hetero) is 1. The average Bonchev–Trinajstić information content (AvgIpc) is 3.51. The number of carbonyl (C=O) groups is 2. The molecule has 3 aromatic rings. The summed E-state index contributed by atoms with van der Waals surface area (Å²) in [6.45, 7) is 1.82. The van der Waals surface area contributed by atoms with Gasteiger partial charge >= 0.3 is 12.3 Å². The zero-order valence-electron chi connectivity index (χ0n) is 18.0. The Bertz CT molecular complexity index is 1340. The van der Waals surface area contributed by atoms with Crippen molar-refractivity contribution in [3.05, 3.63) is 82.7 Å². The summed E-state index contributed by atoms with van der Waals surface area (Å²) in [7, 11) is 0. The van der Waals surface area contributed by atoms with Gasteiger partial charge in [0.15, 0.2) is 11.5 Å². The number of fused-ring (bicyclic) bond motifs is 1. The number of rotatable bonds is 6. The number of aryl methyl sites for hydroxylation is 1. The number of ether oxygens (including phenoxy) is 2. The van der Waals surface area contributed by atoms with Crippen LogP contribution in [0, 0.1) is 12.7 Å². The number of ketones is 1. The number of carboxylic acids is 1. The first-order valence-electron chi connectivity index (χ1n) is 10.6. The predicted molar refractivity (Wildman–Crippen MR) is 116 cm³/mol. The molecule has 1 fully saturated rings. The molecule has 0 spiro atoms. The maximum absolute atomic E-state index is 14.0. The van der Waals surface area contributed by atoms with Crippen molar-refractivity contribution in [1.82, 2.24) is 0 Å². The smallest absolute Gasteiger partial charge is 0.478 e. The molecule has 8 heteroatoms. The van der Waals surface area contributed by atoms with Gasteiger partial charge in [0.25, 0.3) is 0 Å². The van der Waals surface area contributed by atoms with Crippen LogP contribution in [0.2, 0.25) is 0 Å². The summed E-state index contributed by atoms with van der Waals surface area (Å²) < 4.78 is 49.7. The minimum absolute atomic E-state index is 0.0709. The summed E-state index contributed by atoms with van der Waals surface area (Å²) in [5, 5.41) is 9.25. The highest BCUT2D eigenvalue weighted by Crippen LogP contribution is 2.52. The van der Waals surface area contributed by atoms with Crippen LogP contribution in [-0.4, -0.2) is 23.2 Å². The normalized spacial score (nSPS) is 16.8. The zero-order valence-corrected chi connectivity index (χ0v) is 18.0. The standard InChI is InChI=1S/C26H19F3O5/c1-14-2-3-15(8-20(14)16-10-17(24(31)32)12-19(27)11-16)9-23(30)25(6-7-25)18-4-5-21-22(13-18)34-26(28,29)33-21/h2-5,8,10-13H,6-7,9H2,1H3,(H,31,32). The minimum atomic E-state index is -3.72. The van der Waals surface area contributed by atoms with E-state index in [9.17, 15) is 27.9 Å². The lowest BCUT2D eigenvalue weighted by Crippen LogP contribution is -2.26. The van der Waals surface area contributed by atoms with E-state index in [1.807, 2.05) is 6.92 Å². The Balaban J connectivity index is 1.42. The van der Waals surface area contributed by atoms with E-state index in [0.717, 1.165) is 11.6 Å². The molecule has 0 saturated heterocycles. The second-order valence-corrected chi connectivity index (χ2v) is 8.69. The highest BCUT2D eigenvalue weighted by Gasteiger charge is 2.52. The highest BCUT2D eigenvalue weighted by atomic mass is 19.3. The molecule has 1 heterocycles. The van der Waals surface area contributed by atoms with Gasteiger partial charge in [0.1, 0.15) is 11.6 Å². The molecule has 1 aliphatic heterocycles. The Morgan fingerprint density at radius 2 is 1.71 bits per heavy atom. The molecule has 1 saturated carbocycles. The van der Waals surface area contributed by atoms with Gasteiger partial charge in [-0.2, -0.15) is 0 Å². The number of carbonyl (C=O) groups excluding carboxylic acids is 1. The van der Waals surface area contributed by atoms with Crippen molar-refractivity contribution in [3.8, 4) is 22.6 Å². The molecular formula is C26H19F3O5. The number of hydrogen-bond acceptors (Lipinski definition) is 4. The van der Waals surface area contributed by atoms with E-state index < -0.39 is 23.5 Å². The summed E-state index contributed by atoms with van der Waals surface area (Å²) in [6, 6.07) is 13.4. The van der Waals surface area contributed by atoms with Gasteiger partial charge in [-0.25, -0.2) is 9.18 Å². The van der Waals surface area contributed by atoms with Crippen molar-refractivity contribution in [1.29, 1.82) is 0 Å². The van der Waals surface area contributed by atoms with Crippen LogP contribution in [0.1, 0.15) is 39.9 Å². The lowest BCUT2D eigenvalue weighted by atomic mass is 9.86. The summed E-state index contributed by atoms with van der Waals surface area (Å²) in [6.07, 6.45) is -2.46. The number of halogens is 3. The second-order valence-electron chi connectivity index (χ2n) is 8.69. The van der Waals surface area contributed by atoms with Gasteiger partial charge in [-0.05, 0) is 77.9 Å². The Morgan fingerprint density at radius 3 is 2.41 bits per heavy atom. The fraction of sp³-hybridized carbons (Fsp3) is 0.231. The number of aromatic carboxylic acids is 1. The molecule has 2 aliphatic rings. The van der Waals surface area contributed by atoms with Gasteiger partial charge in [0.05, 0.1) is 11.0 Å². The Labute approximate surface area is 192 Å². The third-order valence-electron chi connectivity index (χ3n) is 6.36. The molecule has 0 unspecified atom stereocenters. The molecule has 5 nitrogen and oxygen atoms in total. The van der Waals surface area contributed by atoms with Crippen LogP contribution in [0.5, 0.6) is 11.5 Å². The molecule has 0 atom stereocenters. The Morgan fingerprint density at radius 1 is 0.971 bits per heavy atom. The fourth-order valence-corrected chi connectivity index (χ4v) is 4.41. The summed E-state index contributed by atoms with van der Waals surface area (Å²) in [5.41, 5.74) is 2.17. The molecule has 1 N–H and O–H groups in total. The van der Waals surface area contributed by atoms with E-state index in [1.54, 1.807) is 24.3 Å². The number of benzene rings is 3. The first kappa shape index (κ1) is 22.0. The van der Waals surface area contributed by atoms with E-state index in [1.165, 1.54) is 24.3 Å². The number of carboxylic acid groups (broad SMARTS) is 1.